The number of nitrogens with one attached hydrogen (secondary N) is 1. The van der Waals surface area contributed by atoms with Crippen LogP contribution in [-0.2, 0) is 0 Å². The second kappa shape index (κ2) is 13.3. The number of aromatic nitrogens is 1. The van der Waals surface area contributed by atoms with Crippen molar-refractivity contribution in [1.29, 1.82) is 0 Å². The molecule has 1 N–H and O–H groups in total. The molecule has 11 rings (SSSR count). The summed E-state index contributed by atoms with van der Waals surface area (Å²) in [5.74, 6) is 0.466. The lowest BCUT2D eigenvalue weighted by molar-refractivity contribution is 0.628. The van der Waals surface area contributed by atoms with E-state index in [4.69, 9.17) is 9.40 Å². The Bertz CT molecular complexity index is 3110. The average molecular weight is 737 g/mol. The van der Waals surface area contributed by atoms with E-state index in [0.717, 1.165) is 89.6 Å². The van der Waals surface area contributed by atoms with Gasteiger partial charge in [-0.1, -0.05) is 97.1 Å². The standard InChI is InChI=1S/C51H33FN4O/c52-34-22-24-37(25-23-34)56(36-13-5-2-6-14-36)49-30-21-33(32-53-49)39-28-29-43-40-27-26-38(31-46(40)54-45-18-9-16-42(39)50(43)45)55(35-11-3-1-4-12-35)47-19-10-17-44-41-15-7-8-20-48(41)57-51(44)47/h1-32,54H. The molecule has 10 aromatic rings. The minimum atomic E-state index is -0.276. The van der Waals surface area contributed by atoms with Gasteiger partial charge in [0.15, 0.2) is 5.58 Å². The molecule has 0 amide bonds. The lowest BCUT2D eigenvalue weighted by Gasteiger charge is -2.29. The van der Waals surface area contributed by atoms with Gasteiger partial charge in [0.1, 0.15) is 17.2 Å². The van der Waals surface area contributed by atoms with E-state index in [2.05, 4.69) is 119 Å². The summed E-state index contributed by atoms with van der Waals surface area (Å²) in [5, 5.41) is 8.30. The van der Waals surface area contributed by atoms with Crippen LogP contribution in [0.25, 0.3) is 55.0 Å². The number of anilines is 8. The van der Waals surface area contributed by atoms with Crippen LogP contribution in [0, 0.1) is 5.82 Å². The largest absolute Gasteiger partial charge is 0.454 e. The molecule has 0 bridgehead atoms. The minimum absolute atomic E-state index is 0.276. The first kappa shape index (κ1) is 32.7. The van der Waals surface area contributed by atoms with Gasteiger partial charge in [-0.05, 0) is 108 Å². The summed E-state index contributed by atoms with van der Waals surface area (Å²) in [6, 6.07) is 63.2. The number of hydrogen-bond acceptors (Lipinski definition) is 5. The highest BCUT2D eigenvalue weighted by Crippen LogP contribution is 2.49. The Labute approximate surface area is 328 Å². The predicted octanol–water partition coefficient (Wildman–Crippen LogP) is 14.6. The van der Waals surface area contributed by atoms with E-state index >= 15 is 0 Å². The molecule has 6 heteroatoms. The van der Waals surface area contributed by atoms with Crippen LogP contribution in [0.15, 0.2) is 199 Å². The summed E-state index contributed by atoms with van der Waals surface area (Å²) in [6.45, 7) is 0. The Kier molecular flexibility index (Phi) is 7.60. The minimum Gasteiger partial charge on any atom is -0.454 e. The van der Waals surface area contributed by atoms with Gasteiger partial charge < -0.3 is 14.6 Å². The van der Waals surface area contributed by atoms with Crippen molar-refractivity contribution < 1.29 is 8.81 Å². The summed E-state index contributed by atoms with van der Waals surface area (Å²) < 4.78 is 20.4. The Morgan fingerprint density at radius 3 is 1.91 bits per heavy atom. The molecule has 1 aliphatic rings. The Balaban J connectivity index is 0.989. The number of rotatable bonds is 7. The maximum absolute atomic E-state index is 13.9. The Morgan fingerprint density at radius 1 is 0.474 bits per heavy atom. The van der Waals surface area contributed by atoms with Gasteiger partial charge >= 0.3 is 0 Å². The molecule has 0 fully saturated rings. The maximum Gasteiger partial charge on any atom is 0.159 e. The first-order chi connectivity index (χ1) is 28.2. The smallest absolute Gasteiger partial charge is 0.159 e. The van der Waals surface area contributed by atoms with Crippen LogP contribution in [0.2, 0.25) is 0 Å². The van der Waals surface area contributed by atoms with Crippen LogP contribution < -0.4 is 15.1 Å². The number of pyridine rings is 1. The Hall–Kier alpha value is -7.70. The molecule has 0 atom stereocenters. The molecule has 0 radical (unpaired) electrons. The summed E-state index contributed by atoms with van der Waals surface area (Å²) >= 11 is 0. The number of nitrogens with zero attached hydrogens (tertiary/aromatic N) is 3. The van der Waals surface area contributed by atoms with E-state index in [1.54, 1.807) is 12.1 Å². The van der Waals surface area contributed by atoms with Crippen molar-refractivity contribution in [2.24, 2.45) is 0 Å². The number of halogens is 1. The van der Waals surface area contributed by atoms with Crippen LogP contribution in [0.4, 0.5) is 50.0 Å². The van der Waals surface area contributed by atoms with Crippen molar-refractivity contribution in [2.45, 2.75) is 0 Å². The molecule has 3 heterocycles. The van der Waals surface area contributed by atoms with Gasteiger partial charge in [-0.2, -0.15) is 0 Å². The average Bonchev–Trinajstić information content (AvgIpc) is 3.65. The molecule has 0 unspecified atom stereocenters. The van der Waals surface area contributed by atoms with Gasteiger partial charge in [0.2, 0.25) is 0 Å². The Morgan fingerprint density at radius 2 is 1.12 bits per heavy atom. The van der Waals surface area contributed by atoms with Crippen molar-refractivity contribution in [3.05, 3.63) is 200 Å². The van der Waals surface area contributed by atoms with Crippen LogP contribution in [0.5, 0.6) is 0 Å². The molecule has 57 heavy (non-hydrogen) atoms. The van der Waals surface area contributed by atoms with Crippen molar-refractivity contribution in [1.82, 2.24) is 4.98 Å². The molecule has 270 valence electrons. The summed E-state index contributed by atoms with van der Waals surface area (Å²) in [4.78, 5) is 9.27. The van der Waals surface area contributed by atoms with Gasteiger partial charge in [-0.25, -0.2) is 9.37 Å². The molecule has 2 aromatic heterocycles. The summed E-state index contributed by atoms with van der Waals surface area (Å²) in [7, 11) is 0. The van der Waals surface area contributed by atoms with Crippen molar-refractivity contribution in [2.75, 3.05) is 15.1 Å². The maximum atomic E-state index is 13.9. The van der Waals surface area contributed by atoms with Crippen LogP contribution in [-0.4, -0.2) is 4.98 Å². The van der Waals surface area contributed by atoms with E-state index in [-0.39, 0.29) is 5.82 Å². The van der Waals surface area contributed by atoms with Crippen LogP contribution in [0.3, 0.4) is 0 Å². The molecule has 8 aromatic carbocycles. The van der Waals surface area contributed by atoms with Gasteiger partial charge in [0, 0.05) is 67.6 Å². The molecule has 0 aliphatic carbocycles. The highest BCUT2D eigenvalue weighted by molar-refractivity contribution is 6.16. The number of hydrogen-bond donors (Lipinski definition) is 1. The van der Waals surface area contributed by atoms with E-state index in [0.29, 0.717) is 0 Å². The van der Waals surface area contributed by atoms with Crippen molar-refractivity contribution in [3.8, 4) is 22.3 Å². The molecule has 5 nitrogen and oxygen atoms in total. The molecular weight excluding hydrogens is 704 g/mol. The monoisotopic (exact) mass is 736 g/mol. The van der Waals surface area contributed by atoms with Gasteiger partial charge in [0.05, 0.1) is 5.69 Å². The third-order valence-corrected chi connectivity index (χ3v) is 10.9. The highest BCUT2D eigenvalue weighted by Gasteiger charge is 2.24. The van der Waals surface area contributed by atoms with E-state index in [1.165, 1.54) is 23.1 Å². The third-order valence-electron chi connectivity index (χ3n) is 10.9. The summed E-state index contributed by atoms with van der Waals surface area (Å²) in [6.07, 6.45) is 1.93. The lowest BCUT2D eigenvalue weighted by atomic mass is 9.88. The second-order valence-electron chi connectivity index (χ2n) is 14.2. The molecule has 1 aliphatic heterocycles. The van der Waals surface area contributed by atoms with Crippen molar-refractivity contribution >= 4 is 78.3 Å². The molecule has 0 spiro atoms. The zero-order valence-electron chi connectivity index (χ0n) is 30.6. The molecule has 0 saturated carbocycles. The van der Waals surface area contributed by atoms with Crippen LogP contribution >= 0.6 is 0 Å². The fraction of sp³-hybridized carbons (Fsp3) is 0. The quantitative estimate of drug-likeness (QED) is 0.176. The van der Waals surface area contributed by atoms with E-state index < -0.39 is 0 Å². The number of fused-ring (bicyclic) bond motifs is 5. The normalized spacial score (nSPS) is 11.7. The molecular formula is C51H33FN4O. The first-order valence-corrected chi connectivity index (χ1v) is 19.0. The number of benzene rings is 8. The predicted molar refractivity (Wildman–Crippen MR) is 232 cm³/mol. The van der Waals surface area contributed by atoms with E-state index in [9.17, 15) is 4.39 Å². The fourth-order valence-corrected chi connectivity index (χ4v) is 8.31. The third kappa shape index (κ3) is 5.49. The SMILES string of the molecule is Fc1ccc(N(c2ccccc2)c2ccc(-c3ccc4c5c(cccc35)Nc3cc(N(c5ccccc5)c5cccc6c5oc5ccccc56)ccc3-4)cn2)cc1. The van der Waals surface area contributed by atoms with Crippen LogP contribution in [0.1, 0.15) is 0 Å². The lowest BCUT2D eigenvalue weighted by Crippen LogP contribution is -2.11. The second-order valence-corrected chi connectivity index (χ2v) is 14.2. The van der Waals surface area contributed by atoms with Crippen molar-refractivity contribution in [3.63, 3.8) is 0 Å². The van der Waals surface area contributed by atoms with Gasteiger partial charge in [0.25, 0.3) is 0 Å². The van der Waals surface area contributed by atoms with Gasteiger partial charge in [-0.15, -0.1) is 0 Å². The molecule has 0 saturated heterocycles. The fourth-order valence-electron chi connectivity index (χ4n) is 8.31. The zero-order chi connectivity index (χ0) is 37.9. The topological polar surface area (TPSA) is 44.5 Å². The summed E-state index contributed by atoms with van der Waals surface area (Å²) in [5.41, 5.74) is 13.0. The van der Waals surface area contributed by atoms with E-state index in [1.807, 2.05) is 65.7 Å². The zero-order valence-corrected chi connectivity index (χ0v) is 30.6. The highest BCUT2D eigenvalue weighted by atomic mass is 19.1. The number of furan rings is 1. The first-order valence-electron chi connectivity index (χ1n) is 19.0. The number of para-hydroxylation sites is 4. The van der Waals surface area contributed by atoms with Gasteiger partial charge in [-0.3, -0.25) is 4.90 Å².